The van der Waals surface area contributed by atoms with Gasteiger partial charge in [-0.15, -0.1) is 0 Å². The summed E-state index contributed by atoms with van der Waals surface area (Å²) in [6.45, 7) is 3.56. The van der Waals surface area contributed by atoms with E-state index in [1.54, 1.807) is 13.2 Å². The highest BCUT2D eigenvalue weighted by Crippen LogP contribution is 2.16. The zero-order chi connectivity index (χ0) is 14.5. The van der Waals surface area contributed by atoms with Crippen molar-refractivity contribution >= 4 is 17.5 Å². The van der Waals surface area contributed by atoms with Crippen LogP contribution in [0.15, 0.2) is 24.3 Å². The highest BCUT2D eigenvalue weighted by Gasteiger charge is 2.29. The molecule has 0 saturated carbocycles. The summed E-state index contributed by atoms with van der Waals surface area (Å²) >= 11 is 0. The Morgan fingerprint density at radius 2 is 2.30 bits per heavy atom. The van der Waals surface area contributed by atoms with E-state index in [0.717, 1.165) is 11.4 Å². The van der Waals surface area contributed by atoms with Gasteiger partial charge in [-0.05, 0) is 19.1 Å². The molecule has 2 amide bonds. The summed E-state index contributed by atoms with van der Waals surface area (Å²) in [5.74, 6) is 0.593. The molecule has 3 N–H and O–H groups in total. The van der Waals surface area contributed by atoms with Gasteiger partial charge >= 0.3 is 0 Å². The van der Waals surface area contributed by atoms with Crippen LogP contribution in [0.2, 0.25) is 0 Å². The normalized spacial score (nSPS) is 19.9. The number of methoxy groups -OCH3 is 1. The highest BCUT2D eigenvalue weighted by molar-refractivity contribution is 5.94. The quantitative estimate of drug-likeness (QED) is 0.664. The number of quaternary nitrogens is 1. The number of carbonyl (C=O) groups excluding carboxylic acids is 2. The molecule has 1 aromatic carbocycles. The first-order valence-corrected chi connectivity index (χ1v) is 6.66. The lowest BCUT2D eigenvalue weighted by Crippen LogP contribution is -3.19. The van der Waals surface area contributed by atoms with E-state index in [-0.39, 0.29) is 17.9 Å². The van der Waals surface area contributed by atoms with Crippen LogP contribution in [-0.4, -0.2) is 44.6 Å². The summed E-state index contributed by atoms with van der Waals surface area (Å²) in [6, 6.07) is 6.95. The molecular formula is C14H20N3O3+. The SMILES string of the molecule is COc1cccc(NC(=O)[C@H](C)[NH+]2CCNC(=O)C2)c1. The number of hydrogen-bond donors (Lipinski definition) is 3. The smallest absolute Gasteiger partial charge is 0.282 e. The minimum absolute atomic E-state index is 0.00715. The average molecular weight is 278 g/mol. The molecule has 1 fully saturated rings. The molecule has 1 saturated heterocycles. The number of ether oxygens (including phenoxy) is 1. The number of anilines is 1. The van der Waals surface area contributed by atoms with Crippen LogP contribution in [0.4, 0.5) is 5.69 Å². The van der Waals surface area contributed by atoms with Gasteiger partial charge in [0.25, 0.3) is 11.8 Å². The van der Waals surface area contributed by atoms with E-state index in [4.69, 9.17) is 4.74 Å². The van der Waals surface area contributed by atoms with Gasteiger partial charge in [0.2, 0.25) is 0 Å². The van der Waals surface area contributed by atoms with Gasteiger partial charge in [0.15, 0.2) is 12.6 Å². The van der Waals surface area contributed by atoms with Crippen molar-refractivity contribution < 1.29 is 19.2 Å². The van der Waals surface area contributed by atoms with Crippen molar-refractivity contribution in [3.8, 4) is 5.75 Å². The third-order valence-corrected chi connectivity index (χ3v) is 3.50. The first kappa shape index (κ1) is 14.3. The Morgan fingerprint density at radius 1 is 1.50 bits per heavy atom. The molecule has 1 aliphatic heterocycles. The summed E-state index contributed by atoms with van der Waals surface area (Å²) in [5.41, 5.74) is 0.696. The second-order valence-corrected chi connectivity index (χ2v) is 4.88. The fraction of sp³-hybridized carbons (Fsp3) is 0.429. The summed E-state index contributed by atoms with van der Waals surface area (Å²) in [4.78, 5) is 24.6. The van der Waals surface area contributed by atoms with E-state index in [9.17, 15) is 9.59 Å². The number of hydrogen-bond acceptors (Lipinski definition) is 3. The largest absolute Gasteiger partial charge is 0.497 e. The molecule has 0 radical (unpaired) electrons. The highest BCUT2D eigenvalue weighted by atomic mass is 16.5. The van der Waals surface area contributed by atoms with Gasteiger partial charge in [0.1, 0.15) is 5.75 Å². The Bertz CT molecular complexity index is 504. The van der Waals surface area contributed by atoms with Gasteiger partial charge in [-0.2, -0.15) is 0 Å². The molecule has 2 rings (SSSR count). The van der Waals surface area contributed by atoms with Crippen LogP contribution in [0, 0.1) is 0 Å². The van der Waals surface area contributed by atoms with Gasteiger partial charge in [-0.1, -0.05) is 6.07 Å². The van der Waals surface area contributed by atoms with Crippen LogP contribution in [0.3, 0.4) is 0 Å². The van der Waals surface area contributed by atoms with E-state index < -0.39 is 0 Å². The summed E-state index contributed by atoms with van der Waals surface area (Å²) in [5, 5.41) is 5.62. The van der Waals surface area contributed by atoms with Crippen molar-refractivity contribution in [3.63, 3.8) is 0 Å². The number of rotatable bonds is 4. The minimum atomic E-state index is -0.271. The third kappa shape index (κ3) is 3.48. The van der Waals surface area contributed by atoms with Crippen LogP contribution in [0.1, 0.15) is 6.92 Å². The van der Waals surface area contributed by atoms with Crippen LogP contribution in [-0.2, 0) is 9.59 Å². The molecule has 20 heavy (non-hydrogen) atoms. The van der Waals surface area contributed by atoms with Gasteiger partial charge in [-0.25, -0.2) is 0 Å². The molecule has 6 nitrogen and oxygen atoms in total. The summed E-state index contributed by atoms with van der Waals surface area (Å²) in [7, 11) is 1.58. The number of nitrogens with one attached hydrogen (secondary N) is 3. The zero-order valence-electron chi connectivity index (χ0n) is 11.7. The Labute approximate surface area is 118 Å². The van der Waals surface area contributed by atoms with E-state index in [0.29, 0.717) is 24.5 Å². The molecule has 1 aliphatic rings. The van der Waals surface area contributed by atoms with E-state index in [2.05, 4.69) is 10.6 Å². The first-order valence-electron chi connectivity index (χ1n) is 6.66. The fourth-order valence-corrected chi connectivity index (χ4v) is 2.23. The van der Waals surface area contributed by atoms with Gasteiger partial charge in [0, 0.05) is 11.8 Å². The minimum Gasteiger partial charge on any atom is -0.497 e. The van der Waals surface area contributed by atoms with Gasteiger partial charge in [-0.3, -0.25) is 9.59 Å². The molecule has 2 atom stereocenters. The molecule has 1 heterocycles. The monoisotopic (exact) mass is 278 g/mol. The Morgan fingerprint density at radius 3 is 3.00 bits per heavy atom. The molecule has 0 aromatic heterocycles. The lowest BCUT2D eigenvalue weighted by atomic mass is 10.2. The Kier molecular flexibility index (Phi) is 4.57. The molecule has 0 bridgehead atoms. The molecule has 0 aliphatic carbocycles. The lowest BCUT2D eigenvalue weighted by molar-refractivity contribution is -0.907. The van der Waals surface area contributed by atoms with E-state index in [1.165, 1.54) is 0 Å². The Balaban J connectivity index is 1.98. The van der Waals surface area contributed by atoms with Crippen molar-refractivity contribution in [2.24, 2.45) is 0 Å². The predicted octanol–water partition coefficient (Wildman–Crippen LogP) is -0.963. The summed E-state index contributed by atoms with van der Waals surface area (Å²) < 4.78 is 5.12. The topological polar surface area (TPSA) is 71.9 Å². The average Bonchev–Trinajstić information content (AvgIpc) is 2.46. The maximum absolute atomic E-state index is 12.2. The van der Waals surface area contributed by atoms with Crippen molar-refractivity contribution in [1.29, 1.82) is 0 Å². The molecule has 6 heteroatoms. The maximum Gasteiger partial charge on any atom is 0.282 e. The number of amides is 2. The number of carbonyl (C=O) groups is 2. The third-order valence-electron chi connectivity index (χ3n) is 3.50. The van der Waals surface area contributed by atoms with E-state index >= 15 is 0 Å². The first-order chi connectivity index (χ1) is 9.60. The number of benzene rings is 1. The van der Waals surface area contributed by atoms with Crippen molar-refractivity contribution in [3.05, 3.63) is 24.3 Å². The fourth-order valence-electron chi connectivity index (χ4n) is 2.23. The van der Waals surface area contributed by atoms with Crippen molar-refractivity contribution in [2.75, 3.05) is 32.1 Å². The second-order valence-electron chi connectivity index (χ2n) is 4.88. The van der Waals surface area contributed by atoms with Crippen LogP contribution in [0.5, 0.6) is 5.75 Å². The molecular weight excluding hydrogens is 258 g/mol. The molecule has 1 aromatic rings. The number of piperazine rings is 1. The Hall–Kier alpha value is -2.08. The van der Waals surface area contributed by atoms with E-state index in [1.807, 2.05) is 25.1 Å². The molecule has 1 unspecified atom stereocenters. The van der Waals surface area contributed by atoms with Crippen LogP contribution < -0.4 is 20.3 Å². The summed E-state index contributed by atoms with van der Waals surface area (Å²) in [6.07, 6.45) is 0. The molecule has 108 valence electrons. The standard InChI is InChI=1S/C14H19N3O3/c1-10(17-7-6-15-13(18)9-17)14(19)16-11-4-3-5-12(8-11)20-2/h3-5,8,10H,6-7,9H2,1-2H3,(H,15,18)(H,16,19)/p+1/t10-/m0/s1. The predicted molar refractivity (Wildman–Crippen MR) is 74.8 cm³/mol. The van der Waals surface area contributed by atoms with Crippen LogP contribution in [0.25, 0.3) is 0 Å². The van der Waals surface area contributed by atoms with Gasteiger partial charge < -0.3 is 20.3 Å². The maximum atomic E-state index is 12.2. The van der Waals surface area contributed by atoms with Crippen LogP contribution >= 0.6 is 0 Å². The van der Waals surface area contributed by atoms with Gasteiger partial charge in [0.05, 0.1) is 20.2 Å². The van der Waals surface area contributed by atoms with Crippen molar-refractivity contribution in [2.45, 2.75) is 13.0 Å². The van der Waals surface area contributed by atoms with Crippen molar-refractivity contribution in [1.82, 2.24) is 5.32 Å². The second kappa shape index (κ2) is 6.38. The molecule has 0 spiro atoms. The lowest BCUT2D eigenvalue weighted by Gasteiger charge is -2.28. The zero-order valence-corrected chi connectivity index (χ0v) is 11.7.